The van der Waals surface area contributed by atoms with Crippen LogP contribution in [0.15, 0.2) is 30.5 Å². The normalized spacial score (nSPS) is 10.3. The highest BCUT2D eigenvalue weighted by Crippen LogP contribution is 2.40. The van der Waals surface area contributed by atoms with Crippen LogP contribution in [0, 0.1) is 0 Å². The number of ether oxygens (including phenoxy) is 3. The van der Waals surface area contributed by atoms with E-state index in [1.165, 1.54) is 21.3 Å². The number of hydrogen-bond donors (Lipinski definition) is 2. The maximum Gasteiger partial charge on any atom is 0.274 e. The summed E-state index contributed by atoms with van der Waals surface area (Å²) in [5.41, 5.74) is 1.66. The first-order chi connectivity index (χ1) is 12.0. The van der Waals surface area contributed by atoms with Crippen LogP contribution in [0.2, 0.25) is 0 Å². The fraction of sp³-hybridized carbons (Fsp3) is 0.333. The summed E-state index contributed by atoms with van der Waals surface area (Å²) in [5, 5.41) is 6.03. The van der Waals surface area contributed by atoms with E-state index in [-0.39, 0.29) is 11.9 Å². The van der Waals surface area contributed by atoms with Crippen LogP contribution < -0.4 is 24.8 Å². The van der Waals surface area contributed by atoms with Gasteiger partial charge in [0.1, 0.15) is 5.69 Å². The van der Waals surface area contributed by atoms with E-state index in [9.17, 15) is 4.79 Å². The molecule has 0 bridgehead atoms. The molecule has 2 N–H and O–H groups in total. The molecule has 0 spiro atoms. The molecular weight excluding hydrogens is 322 g/mol. The molecule has 1 amide bonds. The summed E-state index contributed by atoms with van der Waals surface area (Å²) in [6, 6.07) is 7.10. The van der Waals surface area contributed by atoms with E-state index in [1.54, 1.807) is 24.4 Å². The van der Waals surface area contributed by atoms with Crippen molar-refractivity contribution in [3.05, 3.63) is 36.2 Å². The maximum atomic E-state index is 12.5. The Morgan fingerprint density at radius 1 is 1.00 bits per heavy atom. The summed E-state index contributed by atoms with van der Waals surface area (Å²) in [5.74, 6) is 1.05. The summed E-state index contributed by atoms with van der Waals surface area (Å²) < 4.78 is 15.8. The quantitative estimate of drug-likeness (QED) is 0.802. The number of benzene rings is 1. The van der Waals surface area contributed by atoms with E-state index >= 15 is 0 Å². The fourth-order valence-electron chi connectivity index (χ4n) is 2.33. The molecule has 1 aromatic heterocycles. The third-order valence-electron chi connectivity index (χ3n) is 3.37. The molecule has 134 valence electrons. The van der Waals surface area contributed by atoms with E-state index in [0.29, 0.717) is 28.6 Å². The minimum atomic E-state index is -0.332. The second-order valence-corrected chi connectivity index (χ2v) is 5.60. The molecule has 7 heteroatoms. The molecule has 25 heavy (non-hydrogen) atoms. The van der Waals surface area contributed by atoms with Gasteiger partial charge in [0.15, 0.2) is 11.5 Å². The van der Waals surface area contributed by atoms with E-state index in [2.05, 4.69) is 15.6 Å². The third kappa shape index (κ3) is 4.53. The molecule has 0 radical (unpaired) electrons. The van der Waals surface area contributed by atoms with Crippen molar-refractivity contribution in [2.75, 3.05) is 32.0 Å². The molecule has 1 heterocycles. The number of nitrogens with zero attached hydrogens (tertiary/aromatic N) is 1. The van der Waals surface area contributed by atoms with Crippen molar-refractivity contribution in [3.8, 4) is 17.2 Å². The van der Waals surface area contributed by atoms with Crippen molar-refractivity contribution in [3.63, 3.8) is 0 Å². The molecule has 0 fully saturated rings. The predicted octanol–water partition coefficient (Wildman–Crippen LogP) is 3.18. The lowest BCUT2D eigenvalue weighted by Crippen LogP contribution is -2.15. The largest absolute Gasteiger partial charge is 0.493 e. The highest BCUT2D eigenvalue weighted by Gasteiger charge is 2.16. The molecule has 2 rings (SSSR count). The van der Waals surface area contributed by atoms with Crippen molar-refractivity contribution in [2.45, 2.75) is 19.9 Å². The molecular formula is C18H23N3O4. The van der Waals surface area contributed by atoms with Crippen LogP contribution in [0.25, 0.3) is 0 Å². The zero-order chi connectivity index (χ0) is 18.4. The summed E-state index contributed by atoms with van der Waals surface area (Å²) in [7, 11) is 4.56. The zero-order valence-electron chi connectivity index (χ0n) is 15.0. The van der Waals surface area contributed by atoms with E-state index in [1.807, 2.05) is 19.9 Å². The Morgan fingerprint density at radius 3 is 2.16 bits per heavy atom. The number of hydrogen-bond acceptors (Lipinski definition) is 6. The standard InChI is InChI=1S/C18H23N3O4/c1-11(2)20-12-6-7-19-14(8-12)18(22)21-13-9-15(23-3)17(25-5)16(10-13)24-4/h6-11H,1-5H3,(H,19,20)(H,21,22). The van der Waals surface area contributed by atoms with Crippen molar-refractivity contribution in [1.29, 1.82) is 0 Å². The summed E-state index contributed by atoms with van der Waals surface area (Å²) >= 11 is 0. The number of carbonyl (C=O) groups is 1. The van der Waals surface area contributed by atoms with Crippen LogP contribution in [-0.4, -0.2) is 38.3 Å². The van der Waals surface area contributed by atoms with Gasteiger partial charge in [-0.1, -0.05) is 0 Å². The van der Waals surface area contributed by atoms with E-state index in [0.717, 1.165) is 5.69 Å². The van der Waals surface area contributed by atoms with Crippen LogP contribution >= 0.6 is 0 Å². The van der Waals surface area contributed by atoms with E-state index < -0.39 is 0 Å². The topological polar surface area (TPSA) is 81.7 Å². The van der Waals surface area contributed by atoms with Crippen LogP contribution in [0.5, 0.6) is 17.2 Å². The lowest BCUT2D eigenvalue weighted by Gasteiger charge is -2.15. The second-order valence-electron chi connectivity index (χ2n) is 5.60. The molecule has 0 saturated carbocycles. The first kappa shape index (κ1) is 18.4. The number of amides is 1. The first-order valence-corrected chi connectivity index (χ1v) is 7.82. The smallest absolute Gasteiger partial charge is 0.274 e. The average Bonchev–Trinajstić information content (AvgIpc) is 2.60. The molecule has 0 aliphatic carbocycles. The minimum Gasteiger partial charge on any atom is -0.493 e. The van der Waals surface area contributed by atoms with Gasteiger partial charge in [-0.25, -0.2) is 0 Å². The second kappa shape index (κ2) is 8.23. The van der Waals surface area contributed by atoms with Crippen LogP contribution in [-0.2, 0) is 0 Å². The number of carbonyl (C=O) groups excluding carboxylic acids is 1. The summed E-state index contributed by atoms with van der Waals surface area (Å²) in [4.78, 5) is 16.6. The molecule has 1 aromatic carbocycles. The van der Waals surface area contributed by atoms with Gasteiger partial charge in [-0.05, 0) is 26.0 Å². The van der Waals surface area contributed by atoms with Gasteiger partial charge in [-0.2, -0.15) is 0 Å². The molecule has 7 nitrogen and oxygen atoms in total. The fourth-order valence-corrected chi connectivity index (χ4v) is 2.33. The Morgan fingerprint density at radius 2 is 1.64 bits per heavy atom. The Bertz CT molecular complexity index is 722. The maximum absolute atomic E-state index is 12.5. The molecule has 0 aliphatic heterocycles. The first-order valence-electron chi connectivity index (χ1n) is 7.82. The Labute approximate surface area is 147 Å². The molecule has 0 atom stereocenters. The van der Waals surface area contributed by atoms with Gasteiger partial charge in [0, 0.05) is 35.7 Å². The van der Waals surface area contributed by atoms with Crippen LogP contribution in [0.4, 0.5) is 11.4 Å². The Hall–Kier alpha value is -2.96. The molecule has 2 aromatic rings. The lowest BCUT2D eigenvalue weighted by molar-refractivity contribution is 0.102. The Balaban J connectivity index is 2.26. The van der Waals surface area contributed by atoms with Crippen molar-refractivity contribution < 1.29 is 19.0 Å². The number of aromatic nitrogens is 1. The van der Waals surface area contributed by atoms with Gasteiger partial charge in [0.05, 0.1) is 21.3 Å². The predicted molar refractivity (Wildman–Crippen MR) is 97.0 cm³/mol. The van der Waals surface area contributed by atoms with Crippen molar-refractivity contribution in [1.82, 2.24) is 4.98 Å². The number of methoxy groups -OCH3 is 3. The average molecular weight is 345 g/mol. The minimum absolute atomic E-state index is 0.258. The van der Waals surface area contributed by atoms with Gasteiger partial charge in [0.2, 0.25) is 5.75 Å². The number of nitrogens with one attached hydrogen (secondary N) is 2. The van der Waals surface area contributed by atoms with Gasteiger partial charge in [-0.15, -0.1) is 0 Å². The Kier molecular flexibility index (Phi) is 6.05. The number of pyridine rings is 1. The molecule has 0 unspecified atom stereocenters. The summed E-state index contributed by atoms with van der Waals surface area (Å²) in [6.45, 7) is 4.05. The van der Waals surface area contributed by atoms with Crippen LogP contribution in [0.3, 0.4) is 0 Å². The van der Waals surface area contributed by atoms with Gasteiger partial charge in [-0.3, -0.25) is 9.78 Å². The number of rotatable bonds is 7. The number of anilines is 2. The van der Waals surface area contributed by atoms with Gasteiger partial charge < -0.3 is 24.8 Å². The lowest BCUT2D eigenvalue weighted by atomic mass is 10.2. The van der Waals surface area contributed by atoms with Crippen LogP contribution in [0.1, 0.15) is 24.3 Å². The van der Waals surface area contributed by atoms with Crippen molar-refractivity contribution in [2.24, 2.45) is 0 Å². The zero-order valence-corrected chi connectivity index (χ0v) is 15.0. The van der Waals surface area contributed by atoms with Gasteiger partial charge in [0.25, 0.3) is 5.91 Å². The van der Waals surface area contributed by atoms with E-state index in [4.69, 9.17) is 14.2 Å². The summed E-state index contributed by atoms with van der Waals surface area (Å²) in [6.07, 6.45) is 1.59. The molecule has 0 aliphatic rings. The SMILES string of the molecule is COc1cc(NC(=O)c2cc(NC(C)C)ccn2)cc(OC)c1OC. The van der Waals surface area contributed by atoms with Crippen molar-refractivity contribution >= 4 is 17.3 Å². The highest BCUT2D eigenvalue weighted by atomic mass is 16.5. The molecule has 0 saturated heterocycles. The monoisotopic (exact) mass is 345 g/mol. The van der Waals surface area contributed by atoms with Gasteiger partial charge >= 0.3 is 0 Å². The highest BCUT2D eigenvalue weighted by molar-refractivity contribution is 6.03. The third-order valence-corrected chi connectivity index (χ3v) is 3.37.